The van der Waals surface area contributed by atoms with Crippen molar-refractivity contribution >= 4 is 23.4 Å². The zero-order valence-electron chi connectivity index (χ0n) is 13.8. The molecule has 8 nitrogen and oxygen atoms in total. The standard InChI is InChI=1S/C18H17N3O5/c19-14(22)8-13(9-3-5-12(6-4-9)21(25)26)20-17(23)15-10-1-2-11(7-10)16(15)18(20)24/h1-6,10-11,13,15-16H,7-8H2,(H2,19,22). The minimum Gasteiger partial charge on any atom is -0.370 e. The number of allylic oxidation sites excluding steroid dienone is 2. The number of hydrogen-bond acceptors (Lipinski definition) is 5. The fourth-order valence-electron chi connectivity index (χ4n) is 4.60. The van der Waals surface area contributed by atoms with Crippen molar-refractivity contribution in [3.8, 4) is 0 Å². The van der Waals surface area contributed by atoms with Crippen LogP contribution in [-0.2, 0) is 14.4 Å². The van der Waals surface area contributed by atoms with E-state index in [9.17, 15) is 24.5 Å². The molecule has 5 unspecified atom stereocenters. The van der Waals surface area contributed by atoms with E-state index in [1.54, 1.807) is 0 Å². The van der Waals surface area contributed by atoms with E-state index in [1.165, 1.54) is 24.3 Å². The van der Waals surface area contributed by atoms with Crippen LogP contribution in [0.4, 0.5) is 5.69 Å². The predicted octanol–water partition coefficient (Wildman–Crippen LogP) is 1.32. The van der Waals surface area contributed by atoms with Crippen molar-refractivity contribution in [1.29, 1.82) is 0 Å². The maximum Gasteiger partial charge on any atom is 0.269 e. The van der Waals surface area contributed by atoms with Gasteiger partial charge in [-0.25, -0.2) is 0 Å². The van der Waals surface area contributed by atoms with Crippen LogP contribution in [0.5, 0.6) is 0 Å². The number of fused-ring (bicyclic) bond motifs is 5. The van der Waals surface area contributed by atoms with Crippen LogP contribution in [0, 0.1) is 33.8 Å². The summed E-state index contributed by atoms with van der Waals surface area (Å²) < 4.78 is 0. The number of rotatable bonds is 5. The smallest absolute Gasteiger partial charge is 0.269 e. The number of nitrogens with two attached hydrogens (primary N) is 1. The van der Waals surface area contributed by atoms with Gasteiger partial charge in [0.05, 0.1) is 29.2 Å². The molecule has 1 aromatic carbocycles. The number of imide groups is 1. The second-order valence-corrected chi connectivity index (χ2v) is 7.08. The second-order valence-electron chi connectivity index (χ2n) is 7.08. The summed E-state index contributed by atoms with van der Waals surface area (Å²) in [6.45, 7) is 0. The van der Waals surface area contributed by atoms with Gasteiger partial charge in [0.25, 0.3) is 5.69 Å². The number of non-ortho nitro benzene ring substituents is 1. The highest BCUT2D eigenvalue weighted by atomic mass is 16.6. The third-order valence-corrected chi connectivity index (χ3v) is 5.70. The summed E-state index contributed by atoms with van der Waals surface area (Å²) in [6.07, 6.45) is 4.60. The van der Waals surface area contributed by atoms with Crippen molar-refractivity contribution < 1.29 is 19.3 Å². The molecular formula is C18H17N3O5. The van der Waals surface area contributed by atoms with Crippen LogP contribution in [0.2, 0.25) is 0 Å². The average molecular weight is 355 g/mol. The first-order valence-corrected chi connectivity index (χ1v) is 8.46. The van der Waals surface area contributed by atoms with Crippen molar-refractivity contribution in [1.82, 2.24) is 4.90 Å². The van der Waals surface area contributed by atoms with Gasteiger partial charge in [0, 0.05) is 12.1 Å². The number of nitro groups is 1. The summed E-state index contributed by atoms with van der Waals surface area (Å²) in [6, 6.07) is 4.68. The molecule has 2 bridgehead atoms. The monoisotopic (exact) mass is 355 g/mol. The highest BCUT2D eigenvalue weighted by Gasteiger charge is 2.60. The van der Waals surface area contributed by atoms with Crippen LogP contribution in [0.25, 0.3) is 0 Å². The summed E-state index contributed by atoms with van der Waals surface area (Å²) in [5.41, 5.74) is 5.72. The zero-order valence-corrected chi connectivity index (χ0v) is 13.8. The fourth-order valence-corrected chi connectivity index (χ4v) is 4.60. The van der Waals surface area contributed by atoms with Crippen molar-refractivity contribution in [3.63, 3.8) is 0 Å². The summed E-state index contributed by atoms with van der Waals surface area (Å²) in [5, 5.41) is 10.8. The third-order valence-electron chi connectivity index (χ3n) is 5.70. The van der Waals surface area contributed by atoms with Crippen LogP contribution in [0.15, 0.2) is 36.4 Å². The summed E-state index contributed by atoms with van der Waals surface area (Å²) >= 11 is 0. The van der Waals surface area contributed by atoms with E-state index in [0.29, 0.717) is 5.56 Å². The van der Waals surface area contributed by atoms with Gasteiger partial charge in [-0.2, -0.15) is 0 Å². The van der Waals surface area contributed by atoms with Crippen molar-refractivity contribution in [2.24, 2.45) is 29.4 Å². The highest BCUT2D eigenvalue weighted by Crippen LogP contribution is 2.54. The Morgan fingerprint density at radius 1 is 1.15 bits per heavy atom. The van der Waals surface area contributed by atoms with Crippen molar-refractivity contribution in [3.05, 3.63) is 52.1 Å². The van der Waals surface area contributed by atoms with E-state index < -0.39 is 16.9 Å². The first-order chi connectivity index (χ1) is 12.4. The molecule has 1 heterocycles. The largest absolute Gasteiger partial charge is 0.370 e. The third kappa shape index (κ3) is 2.33. The van der Waals surface area contributed by atoms with E-state index >= 15 is 0 Å². The normalized spacial score (nSPS) is 29.9. The summed E-state index contributed by atoms with van der Waals surface area (Å²) in [4.78, 5) is 49.0. The molecular weight excluding hydrogens is 338 g/mol. The molecule has 3 aliphatic rings. The molecule has 1 saturated heterocycles. The SMILES string of the molecule is NC(=O)CC(c1ccc([N+](=O)[O-])cc1)N1C(=O)C2C3C=CC(C3)C2C1=O. The van der Waals surface area contributed by atoms with Gasteiger partial charge in [-0.3, -0.25) is 29.4 Å². The Bertz CT molecular complexity index is 817. The van der Waals surface area contributed by atoms with Gasteiger partial charge >= 0.3 is 0 Å². The topological polar surface area (TPSA) is 124 Å². The molecule has 1 saturated carbocycles. The van der Waals surface area contributed by atoms with Gasteiger partial charge in [0.2, 0.25) is 17.7 Å². The van der Waals surface area contributed by atoms with Crippen LogP contribution >= 0.6 is 0 Å². The van der Waals surface area contributed by atoms with E-state index in [1.807, 2.05) is 12.2 Å². The number of hydrogen-bond donors (Lipinski definition) is 1. The van der Waals surface area contributed by atoms with Gasteiger partial charge in [-0.15, -0.1) is 0 Å². The number of nitro benzene ring substituents is 1. The Balaban J connectivity index is 1.69. The van der Waals surface area contributed by atoms with Crippen molar-refractivity contribution in [2.75, 3.05) is 0 Å². The van der Waals surface area contributed by atoms with E-state index in [4.69, 9.17) is 5.73 Å². The lowest BCUT2D eigenvalue weighted by atomic mass is 9.85. The predicted molar refractivity (Wildman–Crippen MR) is 89.2 cm³/mol. The Hall–Kier alpha value is -3.03. The number of primary amides is 1. The van der Waals surface area contributed by atoms with Gasteiger partial charge in [-0.05, 0) is 23.8 Å². The number of carbonyl (C=O) groups excluding carboxylic acids is 3. The molecule has 0 aromatic heterocycles. The molecule has 1 aromatic rings. The number of amides is 3. The Kier molecular flexibility index (Phi) is 3.64. The Labute approximate surface area is 148 Å². The van der Waals surface area contributed by atoms with E-state index in [2.05, 4.69) is 0 Å². The lowest BCUT2D eigenvalue weighted by molar-refractivity contribution is -0.384. The zero-order chi connectivity index (χ0) is 18.6. The van der Waals surface area contributed by atoms with Gasteiger partial charge in [-0.1, -0.05) is 24.3 Å². The number of benzene rings is 1. The van der Waals surface area contributed by atoms with Gasteiger partial charge in [0.1, 0.15) is 0 Å². The Morgan fingerprint density at radius 2 is 1.69 bits per heavy atom. The number of likely N-dealkylation sites (tertiary alicyclic amines) is 1. The molecule has 0 radical (unpaired) electrons. The van der Waals surface area contributed by atoms with Gasteiger partial charge < -0.3 is 5.73 Å². The first-order valence-electron chi connectivity index (χ1n) is 8.46. The lowest BCUT2D eigenvalue weighted by Gasteiger charge is -2.27. The molecule has 1 aliphatic heterocycles. The maximum atomic E-state index is 13.0. The highest BCUT2D eigenvalue weighted by molar-refractivity contribution is 6.07. The quantitative estimate of drug-likeness (QED) is 0.369. The molecule has 0 spiro atoms. The number of nitrogens with zero attached hydrogens (tertiary/aromatic N) is 2. The first kappa shape index (κ1) is 16.4. The number of carbonyl (C=O) groups is 3. The van der Waals surface area contributed by atoms with Crippen LogP contribution in [-0.4, -0.2) is 27.5 Å². The van der Waals surface area contributed by atoms with E-state index in [0.717, 1.165) is 11.3 Å². The second kappa shape index (κ2) is 5.76. The van der Waals surface area contributed by atoms with Crippen molar-refractivity contribution in [2.45, 2.75) is 18.9 Å². The van der Waals surface area contributed by atoms with E-state index in [-0.39, 0.29) is 47.6 Å². The lowest BCUT2D eigenvalue weighted by Crippen LogP contribution is -2.38. The summed E-state index contributed by atoms with van der Waals surface area (Å²) in [7, 11) is 0. The molecule has 26 heavy (non-hydrogen) atoms. The fraction of sp³-hybridized carbons (Fsp3) is 0.389. The van der Waals surface area contributed by atoms with Crippen LogP contribution in [0.1, 0.15) is 24.4 Å². The maximum absolute atomic E-state index is 13.0. The minimum absolute atomic E-state index is 0.0672. The molecule has 134 valence electrons. The van der Waals surface area contributed by atoms with Gasteiger partial charge in [0.15, 0.2) is 0 Å². The molecule has 5 atom stereocenters. The molecule has 2 aliphatic carbocycles. The molecule has 2 N–H and O–H groups in total. The Morgan fingerprint density at radius 3 is 2.15 bits per heavy atom. The summed E-state index contributed by atoms with van der Waals surface area (Å²) in [5.74, 6) is -1.80. The molecule has 4 rings (SSSR count). The van der Waals surface area contributed by atoms with Crippen LogP contribution in [0.3, 0.4) is 0 Å². The molecule has 3 amide bonds. The molecule has 8 heteroatoms. The minimum atomic E-state index is -0.835. The molecule has 2 fully saturated rings. The average Bonchev–Trinajstić information content (AvgIpc) is 3.27. The van der Waals surface area contributed by atoms with Crippen LogP contribution < -0.4 is 5.73 Å².